The smallest absolute Gasteiger partial charge is 0.115 e. The quantitative estimate of drug-likeness (QED) is 0.445. The van der Waals surface area contributed by atoms with Crippen LogP contribution in [0.4, 0.5) is 0 Å². The summed E-state index contributed by atoms with van der Waals surface area (Å²) in [7, 11) is 0. The third-order valence-corrected chi connectivity index (χ3v) is 1.94. The first-order valence-electron chi connectivity index (χ1n) is 3.26. The summed E-state index contributed by atoms with van der Waals surface area (Å²) in [6, 6.07) is 0. The second kappa shape index (κ2) is 1.29. The van der Waals surface area contributed by atoms with E-state index >= 15 is 0 Å². The zero-order valence-corrected chi connectivity index (χ0v) is 5.72. The predicted molar refractivity (Wildman–Crippen MR) is 36.2 cm³/mol. The summed E-state index contributed by atoms with van der Waals surface area (Å²) in [6.45, 7) is 4.21. The van der Waals surface area contributed by atoms with Gasteiger partial charge in [0.1, 0.15) is 11.7 Å². The van der Waals surface area contributed by atoms with Crippen molar-refractivity contribution in [1.29, 1.82) is 0 Å². The highest BCUT2D eigenvalue weighted by molar-refractivity contribution is 5.35. The van der Waals surface area contributed by atoms with Crippen LogP contribution in [0.3, 0.4) is 0 Å². The molecule has 1 nitrogen and oxygen atoms in total. The van der Waals surface area contributed by atoms with Crippen LogP contribution in [-0.4, -0.2) is 11.7 Å². The molecule has 1 fully saturated rings. The van der Waals surface area contributed by atoms with E-state index in [4.69, 9.17) is 4.74 Å². The van der Waals surface area contributed by atoms with Crippen LogP contribution in [0, 0.1) is 0 Å². The highest BCUT2D eigenvalue weighted by Crippen LogP contribution is 2.41. The van der Waals surface area contributed by atoms with Crippen molar-refractivity contribution >= 4 is 0 Å². The van der Waals surface area contributed by atoms with E-state index in [0.29, 0.717) is 6.10 Å². The Kier molecular flexibility index (Phi) is 0.754. The standard InChI is InChI=1S/C8H10O/c1-6-3-4-7-8(2,5-6)9-7/h3-5,7H,1-2H3. The van der Waals surface area contributed by atoms with Gasteiger partial charge < -0.3 is 4.74 Å². The third-order valence-electron chi connectivity index (χ3n) is 1.94. The summed E-state index contributed by atoms with van der Waals surface area (Å²) in [4.78, 5) is 0. The highest BCUT2D eigenvalue weighted by atomic mass is 16.6. The SMILES string of the molecule is CC1=CC2(C)OC2C=C1. The van der Waals surface area contributed by atoms with E-state index in [-0.39, 0.29) is 5.60 Å². The number of rotatable bonds is 0. The molecule has 0 bridgehead atoms. The van der Waals surface area contributed by atoms with E-state index in [1.165, 1.54) is 5.57 Å². The van der Waals surface area contributed by atoms with E-state index < -0.39 is 0 Å². The van der Waals surface area contributed by atoms with Crippen LogP contribution in [0.15, 0.2) is 23.8 Å². The first kappa shape index (κ1) is 5.24. The largest absolute Gasteiger partial charge is 0.357 e. The number of hydrogen-bond donors (Lipinski definition) is 0. The highest BCUT2D eigenvalue weighted by Gasteiger charge is 2.49. The molecule has 48 valence electrons. The molecular weight excluding hydrogens is 112 g/mol. The number of fused-ring (bicyclic) bond motifs is 1. The molecule has 0 N–H and O–H groups in total. The van der Waals surface area contributed by atoms with Crippen molar-refractivity contribution in [2.45, 2.75) is 25.6 Å². The maximum Gasteiger partial charge on any atom is 0.115 e. The van der Waals surface area contributed by atoms with Gasteiger partial charge in [-0.2, -0.15) is 0 Å². The van der Waals surface area contributed by atoms with Crippen molar-refractivity contribution in [3.63, 3.8) is 0 Å². The Morgan fingerprint density at radius 2 is 2.44 bits per heavy atom. The second-order valence-corrected chi connectivity index (χ2v) is 2.97. The Balaban J connectivity index is 2.34. The summed E-state index contributed by atoms with van der Waals surface area (Å²) in [5.74, 6) is 0. The summed E-state index contributed by atoms with van der Waals surface area (Å²) in [6.07, 6.45) is 6.79. The number of allylic oxidation sites excluding steroid dienone is 2. The topological polar surface area (TPSA) is 12.5 Å². The fraction of sp³-hybridized carbons (Fsp3) is 0.500. The van der Waals surface area contributed by atoms with Crippen molar-refractivity contribution in [1.82, 2.24) is 0 Å². The van der Waals surface area contributed by atoms with E-state index in [2.05, 4.69) is 32.1 Å². The van der Waals surface area contributed by atoms with Crippen molar-refractivity contribution in [3.8, 4) is 0 Å². The van der Waals surface area contributed by atoms with Gasteiger partial charge in [0.2, 0.25) is 0 Å². The van der Waals surface area contributed by atoms with Crippen molar-refractivity contribution in [2.24, 2.45) is 0 Å². The van der Waals surface area contributed by atoms with Gasteiger partial charge in [0.05, 0.1) is 0 Å². The van der Waals surface area contributed by atoms with Crippen LogP contribution in [0.2, 0.25) is 0 Å². The zero-order chi connectivity index (χ0) is 6.48. The van der Waals surface area contributed by atoms with Crippen LogP contribution < -0.4 is 0 Å². The van der Waals surface area contributed by atoms with Crippen molar-refractivity contribution in [2.75, 3.05) is 0 Å². The first-order chi connectivity index (χ1) is 4.21. The molecule has 0 aromatic carbocycles. The van der Waals surface area contributed by atoms with Crippen LogP contribution >= 0.6 is 0 Å². The third kappa shape index (κ3) is 0.648. The Bertz CT molecular complexity index is 203. The molecule has 2 aliphatic rings. The molecule has 1 aliphatic heterocycles. The minimum Gasteiger partial charge on any atom is -0.357 e. The molecular formula is C8H10O. The molecule has 9 heavy (non-hydrogen) atoms. The van der Waals surface area contributed by atoms with Crippen molar-refractivity contribution < 1.29 is 4.74 Å². The minimum absolute atomic E-state index is 0.0683. The Hall–Kier alpha value is -0.560. The van der Waals surface area contributed by atoms with Gasteiger partial charge in [-0.3, -0.25) is 0 Å². The van der Waals surface area contributed by atoms with Gasteiger partial charge in [0.15, 0.2) is 0 Å². The van der Waals surface area contributed by atoms with E-state index in [1.54, 1.807) is 0 Å². The molecule has 0 aromatic heterocycles. The second-order valence-electron chi connectivity index (χ2n) is 2.97. The summed E-state index contributed by atoms with van der Waals surface area (Å²) in [5, 5.41) is 0. The minimum atomic E-state index is 0.0683. The molecule has 0 spiro atoms. The number of epoxide rings is 1. The van der Waals surface area contributed by atoms with Gasteiger partial charge in [-0.15, -0.1) is 0 Å². The van der Waals surface area contributed by atoms with E-state index in [0.717, 1.165) is 0 Å². The lowest BCUT2D eigenvalue weighted by Crippen LogP contribution is -2.06. The summed E-state index contributed by atoms with van der Waals surface area (Å²) >= 11 is 0. The van der Waals surface area contributed by atoms with Crippen molar-refractivity contribution in [3.05, 3.63) is 23.8 Å². The molecule has 1 heterocycles. The van der Waals surface area contributed by atoms with E-state index in [1.807, 2.05) is 0 Å². The van der Waals surface area contributed by atoms with Crippen LogP contribution in [0.25, 0.3) is 0 Å². The molecule has 0 aromatic rings. The van der Waals surface area contributed by atoms with Gasteiger partial charge in [0.25, 0.3) is 0 Å². The molecule has 0 radical (unpaired) electrons. The zero-order valence-electron chi connectivity index (χ0n) is 5.72. The maximum atomic E-state index is 5.37. The molecule has 1 heteroatoms. The van der Waals surface area contributed by atoms with E-state index in [9.17, 15) is 0 Å². The Morgan fingerprint density at radius 3 is 3.00 bits per heavy atom. The molecule has 0 saturated carbocycles. The molecule has 2 unspecified atom stereocenters. The molecule has 0 amide bonds. The molecule has 2 atom stereocenters. The van der Waals surface area contributed by atoms with Gasteiger partial charge in [0, 0.05) is 0 Å². The van der Waals surface area contributed by atoms with Gasteiger partial charge in [-0.05, 0) is 19.9 Å². The monoisotopic (exact) mass is 122 g/mol. The molecule has 2 rings (SSSR count). The number of hydrogen-bond acceptors (Lipinski definition) is 1. The Labute approximate surface area is 55.0 Å². The normalized spacial score (nSPS) is 46.0. The average Bonchev–Trinajstić information content (AvgIpc) is 2.38. The molecule has 1 saturated heterocycles. The van der Waals surface area contributed by atoms with Crippen LogP contribution in [0.5, 0.6) is 0 Å². The lowest BCUT2D eigenvalue weighted by molar-refractivity contribution is 0.356. The lowest BCUT2D eigenvalue weighted by Gasteiger charge is -2.02. The predicted octanol–water partition coefficient (Wildman–Crippen LogP) is 1.66. The van der Waals surface area contributed by atoms with Gasteiger partial charge >= 0.3 is 0 Å². The first-order valence-corrected chi connectivity index (χ1v) is 3.26. The van der Waals surface area contributed by atoms with Gasteiger partial charge in [-0.1, -0.05) is 17.7 Å². The lowest BCUT2D eigenvalue weighted by atomic mass is 9.99. The van der Waals surface area contributed by atoms with Crippen LogP contribution in [-0.2, 0) is 4.74 Å². The fourth-order valence-electron chi connectivity index (χ4n) is 1.33. The molecule has 1 aliphatic carbocycles. The average molecular weight is 122 g/mol. The maximum absolute atomic E-state index is 5.37. The fourth-order valence-corrected chi connectivity index (χ4v) is 1.33. The summed E-state index contributed by atoms with van der Waals surface area (Å²) in [5.41, 5.74) is 1.38. The Morgan fingerprint density at radius 1 is 1.67 bits per heavy atom. The van der Waals surface area contributed by atoms with Gasteiger partial charge in [-0.25, -0.2) is 0 Å². The summed E-state index contributed by atoms with van der Waals surface area (Å²) < 4.78 is 5.37. The van der Waals surface area contributed by atoms with Crippen LogP contribution in [0.1, 0.15) is 13.8 Å². The number of ether oxygens (including phenoxy) is 1.